The van der Waals surface area contributed by atoms with Gasteiger partial charge in [0, 0.05) is 24.3 Å². The molecular formula is C19H24N5O2S+. The minimum absolute atomic E-state index is 0.0196. The van der Waals surface area contributed by atoms with Crippen molar-refractivity contribution in [1.82, 2.24) is 14.6 Å². The van der Waals surface area contributed by atoms with Gasteiger partial charge in [-0.25, -0.2) is 4.98 Å². The summed E-state index contributed by atoms with van der Waals surface area (Å²) in [6, 6.07) is 8.25. The smallest absolute Gasteiger partial charge is 0.235 e. The van der Waals surface area contributed by atoms with Crippen molar-refractivity contribution >= 4 is 22.2 Å². The van der Waals surface area contributed by atoms with Crippen molar-refractivity contribution in [3.05, 3.63) is 46.1 Å². The first kappa shape index (κ1) is 17.9. The molecule has 0 saturated carbocycles. The van der Waals surface area contributed by atoms with Crippen molar-refractivity contribution in [1.29, 1.82) is 0 Å². The molecule has 1 aromatic carbocycles. The molecule has 1 aliphatic heterocycles. The number of amides is 1. The average Bonchev–Trinajstić information content (AvgIpc) is 3.15. The second-order valence-electron chi connectivity index (χ2n) is 7.27. The Kier molecular flexibility index (Phi) is 4.61. The van der Waals surface area contributed by atoms with Crippen LogP contribution in [0.2, 0.25) is 0 Å². The number of hydrogen-bond donors (Lipinski definition) is 3. The van der Waals surface area contributed by atoms with Gasteiger partial charge >= 0.3 is 0 Å². The number of hydrogen-bond acceptors (Lipinski definition) is 5. The van der Waals surface area contributed by atoms with Gasteiger partial charge in [0.1, 0.15) is 10.7 Å². The lowest BCUT2D eigenvalue weighted by molar-refractivity contribution is -0.930. The number of carbonyl (C=O) groups excluding carboxylic acids is 1. The van der Waals surface area contributed by atoms with E-state index in [4.69, 9.17) is 5.73 Å². The molecule has 0 radical (unpaired) electrons. The topological polar surface area (TPSA) is 98.0 Å². The van der Waals surface area contributed by atoms with Crippen molar-refractivity contribution in [2.24, 2.45) is 11.7 Å². The van der Waals surface area contributed by atoms with E-state index >= 15 is 0 Å². The number of thiazole rings is 1. The van der Waals surface area contributed by atoms with Gasteiger partial charge in [-0.05, 0) is 19.4 Å². The molecule has 27 heavy (non-hydrogen) atoms. The number of nitrogens with one attached hydrogen (secondary N) is 1. The molecular weight excluding hydrogens is 362 g/mol. The van der Waals surface area contributed by atoms with Crippen molar-refractivity contribution < 1.29 is 14.8 Å². The van der Waals surface area contributed by atoms with E-state index in [-0.39, 0.29) is 23.7 Å². The van der Waals surface area contributed by atoms with Gasteiger partial charge < -0.3 is 15.7 Å². The van der Waals surface area contributed by atoms with E-state index in [1.54, 1.807) is 0 Å². The van der Waals surface area contributed by atoms with E-state index in [0.29, 0.717) is 10.8 Å². The largest absolute Gasteiger partial charge is 0.492 e. The lowest BCUT2D eigenvalue weighted by Crippen LogP contribution is -3.13. The number of rotatable bonds is 4. The minimum Gasteiger partial charge on any atom is -0.492 e. The molecule has 2 aromatic heterocycles. The molecule has 4 N–H and O–H groups in total. The summed E-state index contributed by atoms with van der Waals surface area (Å²) in [5.74, 6) is 0.543. The maximum absolute atomic E-state index is 11.5. The number of aryl methyl sites for hydroxylation is 2. The van der Waals surface area contributed by atoms with Crippen LogP contribution in [-0.2, 0) is 4.79 Å². The maximum Gasteiger partial charge on any atom is 0.235 e. The fraction of sp³-hybridized carbons (Fsp3) is 0.421. The first-order valence-electron chi connectivity index (χ1n) is 9.20. The summed E-state index contributed by atoms with van der Waals surface area (Å²) in [5.41, 5.74) is 7.87. The molecule has 8 heteroatoms. The van der Waals surface area contributed by atoms with Gasteiger partial charge in [-0.3, -0.25) is 4.79 Å². The van der Waals surface area contributed by atoms with Crippen LogP contribution in [0.25, 0.3) is 4.96 Å². The number of nitrogens with zero attached hydrogens (tertiary/aromatic N) is 3. The molecule has 3 aromatic rings. The van der Waals surface area contributed by atoms with Crippen molar-refractivity contribution in [3.8, 4) is 5.88 Å². The standard InChI is InChI=1S/C19H23N5O2S/c1-11-5-3-4-6-14(11)15(23-9-7-13(8-10-23)17(20)25)16-18(26)24-19(27-16)21-12(2)22-24/h3-6,13,15,26H,7-10H2,1-2H3,(H2,20,25)/p+1/t15-/m1/s1. The van der Waals surface area contributed by atoms with E-state index in [2.05, 4.69) is 29.1 Å². The van der Waals surface area contributed by atoms with Gasteiger partial charge in [0.2, 0.25) is 16.7 Å². The highest BCUT2D eigenvalue weighted by molar-refractivity contribution is 7.17. The number of piperidine rings is 1. The summed E-state index contributed by atoms with van der Waals surface area (Å²) in [7, 11) is 0. The minimum atomic E-state index is -0.210. The number of fused-ring (bicyclic) bond motifs is 1. The zero-order valence-electron chi connectivity index (χ0n) is 15.5. The molecule has 0 bridgehead atoms. The summed E-state index contributed by atoms with van der Waals surface area (Å²) in [6.07, 6.45) is 1.54. The third-order valence-corrected chi connectivity index (χ3v) is 6.59. The SMILES string of the molecule is Cc1nc2sc([C@@H](c3ccccc3C)[NH+]3CCC(C(N)=O)CC3)c(O)n2n1. The zero-order valence-corrected chi connectivity index (χ0v) is 16.3. The van der Waals surface area contributed by atoms with Crippen molar-refractivity contribution in [2.75, 3.05) is 13.1 Å². The Morgan fingerprint density at radius 3 is 2.67 bits per heavy atom. The van der Waals surface area contributed by atoms with Gasteiger partial charge in [0.05, 0.1) is 13.1 Å². The molecule has 3 heterocycles. The van der Waals surface area contributed by atoms with Gasteiger partial charge in [-0.1, -0.05) is 35.6 Å². The Morgan fingerprint density at radius 2 is 2.04 bits per heavy atom. The average molecular weight is 387 g/mol. The molecule has 0 spiro atoms. The summed E-state index contributed by atoms with van der Waals surface area (Å²) >= 11 is 1.48. The Hall–Kier alpha value is -2.45. The molecule has 7 nitrogen and oxygen atoms in total. The van der Waals surface area contributed by atoms with Crippen LogP contribution in [0.5, 0.6) is 5.88 Å². The monoisotopic (exact) mass is 386 g/mol. The van der Waals surface area contributed by atoms with E-state index in [1.807, 2.05) is 19.1 Å². The lowest BCUT2D eigenvalue weighted by atomic mass is 9.92. The van der Waals surface area contributed by atoms with Crippen LogP contribution in [0.4, 0.5) is 0 Å². The number of quaternary nitrogens is 1. The zero-order chi connectivity index (χ0) is 19.1. The summed E-state index contributed by atoms with van der Waals surface area (Å²) in [5, 5.41) is 15.2. The highest BCUT2D eigenvalue weighted by atomic mass is 32.1. The van der Waals surface area contributed by atoms with Crippen LogP contribution >= 0.6 is 11.3 Å². The number of primary amides is 1. The Balaban J connectivity index is 1.77. The molecule has 1 atom stereocenters. The van der Waals surface area contributed by atoms with Crippen LogP contribution in [0, 0.1) is 19.8 Å². The number of aromatic hydroxyl groups is 1. The van der Waals surface area contributed by atoms with E-state index in [9.17, 15) is 9.90 Å². The predicted molar refractivity (Wildman–Crippen MR) is 103 cm³/mol. The highest BCUT2D eigenvalue weighted by Gasteiger charge is 2.37. The quantitative estimate of drug-likeness (QED) is 0.623. The van der Waals surface area contributed by atoms with Gasteiger partial charge in [-0.15, -0.1) is 5.10 Å². The van der Waals surface area contributed by atoms with Crippen LogP contribution < -0.4 is 10.6 Å². The third-order valence-electron chi connectivity index (χ3n) is 5.51. The Labute approximate surface area is 161 Å². The molecule has 1 saturated heterocycles. The van der Waals surface area contributed by atoms with Gasteiger partial charge in [0.15, 0.2) is 6.04 Å². The molecule has 1 amide bonds. The summed E-state index contributed by atoms with van der Waals surface area (Å²) < 4.78 is 1.52. The van der Waals surface area contributed by atoms with E-state index in [0.717, 1.165) is 30.8 Å². The summed E-state index contributed by atoms with van der Waals surface area (Å²) in [6.45, 7) is 5.57. The molecule has 142 valence electrons. The number of carbonyl (C=O) groups is 1. The van der Waals surface area contributed by atoms with E-state index < -0.39 is 0 Å². The van der Waals surface area contributed by atoms with Gasteiger partial charge in [0.25, 0.3) is 0 Å². The maximum atomic E-state index is 11.5. The Morgan fingerprint density at radius 1 is 1.33 bits per heavy atom. The number of aromatic nitrogens is 3. The van der Waals surface area contributed by atoms with Gasteiger partial charge in [-0.2, -0.15) is 4.52 Å². The predicted octanol–water partition coefficient (Wildman–Crippen LogP) is 0.983. The highest BCUT2D eigenvalue weighted by Crippen LogP contribution is 2.36. The van der Waals surface area contributed by atoms with Crippen LogP contribution in [0.1, 0.15) is 40.7 Å². The molecule has 0 unspecified atom stereocenters. The molecule has 4 rings (SSSR count). The second kappa shape index (κ2) is 6.94. The Bertz CT molecular complexity index is 987. The van der Waals surface area contributed by atoms with Crippen LogP contribution in [0.3, 0.4) is 0 Å². The molecule has 1 fully saturated rings. The number of nitrogens with two attached hydrogens (primary N) is 1. The van der Waals surface area contributed by atoms with Crippen molar-refractivity contribution in [2.45, 2.75) is 32.7 Å². The van der Waals surface area contributed by atoms with Crippen LogP contribution in [-0.4, -0.2) is 38.7 Å². The van der Waals surface area contributed by atoms with Crippen molar-refractivity contribution in [3.63, 3.8) is 0 Å². The molecule has 1 aliphatic rings. The summed E-state index contributed by atoms with van der Waals surface area (Å²) in [4.78, 5) is 18.9. The first-order valence-corrected chi connectivity index (χ1v) is 10.0. The normalized spacial score (nSPS) is 21.4. The second-order valence-corrected chi connectivity index (χ2v) is 8.28. The fourth-order valence-electron chi connectivity index (χ4n) is 4.06. The van der Waals surface area contributed by atoms with Crippen LogP contribution in [0.15, 0.2) is 24.3 Å². The van der Waals surface area contributed by atoms with E-state index in [1.165, 1.54) is 31.9 Å². The number of likely N-dealkylation sites (tertiary alicyclic amines) is 1. The third kappa shape index (κ3) is 3.19. The first-order chi connectivity index (χ1) is 13.0. The fourth-order valence-corrected chi connectivity index (χ4v) is 5.23. The molecule has 0 aliphatic carbocycles. The number of benzene rings is 1. The lowest BCUT2D eigenvalue weighted by Gasteiger charge is -2.34.